The Kier molecular flexibility index (Phi) is 3.17. The maximum Gasteiger partial charge on any atom is 0.163 e. The van der Waals surface area contributed by atoms with E-state index in [0.29, 0.717) is 5.16 Å². The quantitative estimate of drug-likeness (QED) is 0.616. The average molecular weight is 180 g/mol. The highest BCUT2D eigenvalue weighted by molar-refractivity contribution is 7.80. The van der Waals surface area contributed by atoms with Gasteiger partial charge in [0.1, 0.15) is 0 Å². The van der Waals surface area contributed by atoms with Crippen molar-refractivity contribution in [2.24, 2.45) is 0 Å². The third-order valence-corrected chi connectivity index (χ3v) is 1.69. The lowest BCUT2D eigenvalue weighted by Gasteiger charge is -1.74. The van der Waals surface area contributed by atoms with Gasteiger partial charge in [-0.25, -0.2) is 4.98 Å². The Labute approximate surface area is 77.1 Å². The number of thiol groups is 1. The van der Waals surface area contributed by atoms with E-state index in [1.54, 1.807) is 0 Å². The molecule has 0 unspecified atom stereocenters. The molecular formula is C9H12N2S. The topological polar surface area (TPSA) is 28.7 Å². The van der Waals surface area contributed by atoms with E-state index in [9.17, 15) is 0 Å². The summed E-state index contributed by atoms with van der Waals surface area (Å²) in [6.45, 7) is 3.93. The third kappa shape index (κ3) is 2.01. The van der Waals surface area contributed by atoms with Gasteiger partial charge in [-0.15, -0.1) is 12.6 Å². The zero-order chi connectivity index (χ0) is 8.97. The Balaban J connectivity index is 3.32. The number of aromatic amines is 1. The highest BCUT2D eigenvalue weighted by Gasteiger charge is 1.89. The van der Waals surface area contributed by atoms with Crippen LogP contribution < -0.4 is 10.7 Å². The molecule has 0 radical (unpaired) electrons. The van der Waals surface area contributed by atoms with Gasteiger partial charge in [0, 0.05) is 0 Å². The lowest BCUT2D eigenvalue weighted by atomic mass is 10.4. The molecule has 0 fully saturated rings. The number of nitrogens with zero attached hydrogens (tertiary/aromatic N) is 1. The lowest BCUT2D eigenvalue weighted by molar-refractivity contribution is 1.05. The van der Waals surface area contributed by atoms with E-state index in [2.05, 4.69) is 22.6 Å². The summed E-state index contributed by atoms with van der Waals surface area (Å²) in [5.74, 6) is 0. The molecule has 2 nitrogen and oxygen atoms in total. The SMILES string of the molecule is C\C=C/C=c1/[nH]c(S)n/c1=C/C. The molecule has 12 heavy (non-hydrogen) atoms. The minimum Gasteiger partial charge on any atom is -0.333 e. The average Bonchev–Trinajstić information content (AvgIpc) is 2.42. The molecule has 0 amide bonds. The molecule has 0 aliphatic rings. The Morgan fingerprint density at radius 1 is 1.42 bits per heavy atom. The minimum atomic E-state index is 0.652. The van der Waals surface area contributed by atoms with E-state index in [1.165, 1.54) is 0 Å². The van der Waals surface area contributed by atoms with Crippen molar-refractivity contribution in [1.82, 2.24) is 9.97 Å². The fourth-order valence-electron chi connectivity index (χ4n) is 0.926. The van der Waals surface area contributed by atoms with Crippen molar-refractivity contribution in [2.45, 2.75) is 19.0 Å². The number of aromatic nitrogens is 2. The molecule has 0 aliphatic carbocycles. The molecule has 64 valence electrons. The Morgan fingerprint density at radius 3 is 2.75 bits per heavy atom. The van der Waals surface area contributed by atoms with Crippen LogP contribution in [0, 0.1) is 0 Å². The molecule has 1 aromatic heterocycles. The van der Waals surface area contributed by atoms with E-state index in [1.807, 2.05) is 38.2 Å². The molecule has 0 atom stereocenters. The van der Waals surface area contributed by atoms with E-state index in [4.69, 9.17) is 0 Å². The molecule has 0 saturated carbocycles. The van der Waals surface area contributed by atoms with Gasteiger partial charge in [-0.2, -0.15) is 0 Å². The predicted octanol–water partition coefficient (Wildman–Crippen LogP) is 0.855. The van der Waals surface area contributed by atoms with Gasteiger partial charge in [-0.1, -0.05) is 18.2 Å². The van der Waals surface area contributed by atoms with Gasteiger partial charge in [0.2, 0.25) is 0 Å². The van der Waals surface area contributed by atoms with Crippen molar-refractivity contribution in [3.05, 3.63) is 22.9 Å². The summed E-state index contributed by atoms with van der Waals surface area (Å²) in [7, 11) is 0. The second kappa shape index (κ2) is 4.16. The first-order chi connectivity index (χ1) is 5.77. The van der Waals surface area contributed by atoms with Crippen molar-refractivity contribution in [1.29, 1.82) is 0 Å². The van der Waals surface area contributed by atoms with Gasteiger partial charge in [0.15, 0.2) is 5.16 Å². The summed E-state index contributed by atoms with van der Waals surface area (Å²) >= 11 is 4.12. The number of allylic oxidation sites excluding steroid dienone is 2. The Morgan fingerprint density at radius 2 is 2.17 bits per heavy atom. The van der Waals surface area contributed by atoms with Crippen LogP contribution in [0.4, 0.5) is 0 Å². The van der Waals surface area contributed by atoms with Gasteiger partial charge in [-0.3, -0.25) is 0 Å². The number of imidazole rings is 1. The van der Waals surface area contributed by atoms with Crippen LogP contribution in [-0.2, 0) is 0 Å². The van der Waals surface area contributed by atoms with E-state index < -0.39 is 0 Å². The van der Waals surface area contributed by atoms with E-state index in [-0.39, 0.29) is 0 Å². The van der Waals surface area contributed by atoms with Crippen molar-refractivity contribution in [3.8, 4) is 0 Å². The van der Waals surface area contributed by atoms with Gasteiger partial charge in [-0.05, 0) is 19.9 Å². The minimum absolute atomic E-state index is 0.652. The monoisotopic (exact) mass is 180 g/mol. The lowest BCUT2D eigenvalue weighted by Crippen LogP contribution is -2.23. The Bertz CT molecular complexity index is 387. The molecule has 3 heteroatoms. The molecule has 1 rings (SSSR count). The smallest absolute Gasteiger partial charge is 0.163 e. The summed E-state index contributed by atoms with van der Waals surface area (Å²) < 4.78 is 0. The van der Waals surface area contributed by atoms with Crippen molar-refractivity contribution >= 4 is 24.8 Å². The van der Waals surface area contributed by atoms with Gasteiger partial charge < -0.3 is 4.98 Å². The summed E-state index contributed by atoms with van der Waals surface area (Å²) in [6.07, 6.45) is 7.86. The zero-order valence-corrected chi connectivity index (χ0v) is 8.10. The maximum absolute atomic E-state index is 4.17. The molecule has 1 heterocycles. The van der Waals surface area contributed by atoms with Crippen molar-refractivity contribution in [3.63, 3.8) is 0 Å². The maximum atomic E-state index is 4.17. The van der Waals surface area contributed by atoms with Crippen LogP contribution in [0.25, 0.3) is 12.2 Å². The first-order valence-electron chi connectivity index (χ1n) is 3.82. The van der Waals surface area contributed by atoms with Crippen LogP contribution in [0.3, 0.4) is 0 Å². The van der Waals surface area contributed by atoms with Crippen molar-refractivity contribution < 1.29 is 0 Å². The van der Waals surface area contributed by atoms with Crippen LogP contribution in [0.2, 0.25) is 0 Å². The fraction of sp³-hybridized carbons (Fsp3) is 0.222. The second-order valence-electron chi connectivity index (χ2n) is 2.34. The van der Waals surface area contributed by atoms with Crippen LogP contribution in [0.1, 0.15) is 13.8 Å². The van der Waals surface area contributed by atoms with E-state index in [0.717, 1.165) is 10.7 Å². The highest BCUT2D eigenvalue weighted by atomic mass is 32.1. The van der Waals surface area contributed by atoms with Crippen LogP contribution in [0.5, 0.6) is 0 Å². The van der Waals surface area contributed by atoms with E-state index >= 15 is 0 Å². The van der Waals surface area contributed by atoms with Crippen molar-refractivity contribution in [2.75, 3.05) is 0 Å². The summed E-state index contributed by atoms with van der Waals surface area (Å²) in [6, 6.07) is 0. The molecule has 0 aliphatic heterocycles. The van der Waals surface area contributed by atoms with Gasteiger partial charge in [0.25, 0.3) is 0 Å². The standard InChI is InChI=1S/C9H12N2S/c1-3-5-6-8-7(4-2)10-9(12)11-8/h3-6H,1-2H3,(H2,10,11,12)/b5-3-,7-4+,8-6+. The Hall–Kier alpha value is -0.960. The summed E-state index contributed by atoms with van der Waals surface area (Å²) in [5, 5.41) is 2.59. The zero-order valence-electron chi connectivity index (χ0n) is 7.20. The molecular weight excluding hydrogens is 168 g/mol. The highest BCUT2D eigenvalue weighted by Crippen LogP contribution is 1.85. The molecule has 0 spiro atoms. The van der Waals surface area contributed by atoms with Crippen LogP contribution in [-0.4, -0.2) is 9.97 Å². The molecule has 0 bridgehead atoms. The first kappa shape index (κ1) is 9.13. The van der Waals surface area contributed by atoms with Gasteiger partial charge in [0.05, 0.1) is 10.7 Å². The largest absolute Gasteiger partial charge is 0.333 e. The number of hydrogen-bond donors (Lipinski definition) is 2. The number of hydrogen-bond acceptors (Lipinski definition) is 2. The number of rotatable bonds is 1. The van der Waals surface area contributed by atoms with Crippen LogP contribution in [0.15, 0.2) is 17.3 Å². The third-order valence-electron chi connectivity index (χ3n) is 1.48. The normalized spacial score (nSPS) is 14.9. The summed E-state index contributed by atoms with van der Waals surface area (Å²) in [4.78, 5) is 7.22. The molecule has 1 aromatic rings. The fourth-order valence-corrected chi connectivity index (χ4v) is 1.15. The number of nitrogens with one attached hydrogen (secondary N) is 1. The molecule has 1 N–H and O–H groups in total. The molecule has 0 aromatic carbocycles. The van der Waals surface area contributed by atoms with Gasteiger partial charge >= 0.3 is 0 Å². The summed E-state index contributed by atoms with van der Waals surface area (Å²) in [5.41, 5.74) is 0. The van der Waals surface area contributed by atoms with Crippen LogP contribution >= 0.6 is 12.6 Å². The number of H-pyrrole nitrogens is 1. The second-order valence-corrected chi connectivity index (χ2v) is 2.76. The first-order valence-corrected chi connectivity index (χ1v) is 4.27. The predicted molar refractivity (Wildman–Crippen MR) is 54.5 cm³/mol. The molecule has 0 saturated heterocycles.